The summed E-state index contributed by atoms with van der Waals surface area (Å²) in [5.74, 6) is -0.153. The first kappa shape index (κ1) is 30.3. The molecule has 1 saturated heterocycles. The maximum atomic E-state index is 14.2. The minimum Gasteiger partial charge on any atom is -0.461 e. The molecule has 2 aliphatic rings. The Labute approximate surface area is 243 Å². The average Bonchev–Trinajstić information content (AvgIpc) is 3.54. The van der Waals surface area contributed by atoms with Crippen LogP contribution in [0.25, 0.3) is 11.2 Å². The summed E-state index contributed by atoms with van der Waals surface area (Å²) in [4.78, 5) is 25.3. The summed E-state index contributed by atoms with van der Waals surface area (Å²) in [5, 5.41) is 24.6. The molecular formula is C27H37N6O8P. The number of carbonyl (C=O) groups excluding carboxylic acids is 1. The highest BCUT2D eigenvalue weighted by Gasteiger charge is 2.49. The van der Waals surface area contributed by atoms with Crippen LogP contribution in [0.4, 0.5) is 5.82 Å². The van der Waals surface area contributed by atoms with Crippen LogP contribution in [0.15, 0.2) is 43.0 Å². The lowest BCUT2D eigenvalue weighted by Gasteiger charge is -2.30. The van der Waals surface area contributed by atoms with Gasteiger partial charge in [-0.05, 0) is 51.2 Å². The molecule has 2 aromatic heterocycles. The second kappa shape index (κ2) is 13.0. The fraction of sp³-hybridized carbons (Fsp3) is 0.556. The molecule has 1 aliphatic carbocycles. The van der Waals surface area contributed by atoms with E-state index in [1.165, 1.54) is 24.1 Å². The minimum absolute atomic E-state index is 0.151. The lowest BCUT2D eigenvalue weighted by molar-refractivity contribution is -0.152. The highest BCUT2D eigenvalue weighted by atomic mass is 31.2. The summed E-state index contributed by atoms with van der Waals surface area (Å²) in [6.07, 6.45) is 1.19. The van der Waals surface area contributed by atoms with Crippen LogP contribution in [0, 0.1) is 0 Å². The van der Waals surface area contributed by atoms with Crippen molar-refractivity contribution >= 4 is 30.7 Å². The summed E-state index contributed by atoms with van der Waals surface area (Å²) in [5.41, 5.74) is 6.49. The van der Waals surface area contributed by atoms with E-state index in [1.54, 1.807) is 37.3 Å². The molecule has 3 aromatic rings. The highest BCUT2D eigenvalue weighted by molar-refractivity contribution is 7.52. The molecule has 14 nitrogen and oxygen atoms in total. The number of fused-ring (bicyclic) bond motifs is 1. The number of para-hydroxylation sites is 1. The predicted octanol–water partition coefficient (Wildman–Crippen LogP) is 2.86. The molecule has 5 rings (SSSR count). The van der Waals surface area contributed by atoms with E-state index in [0.717, 1.165) is 32.1 Å². The second-order valence-electron chi connectivity index (χ2n) is 10.6. The quantitative estimate of drug-likeness (QED) is 0.185. The first-order chi connectivity index (χ1) is 20.2. The zero-order valence-electron chi connectivity index (χ0n) is 23.5. The number of hydrogen-bond donors (Lipinski definition) is 4. The van der Waals surface area contributed by atoms with Crippen molar-refractivity contribution in [3.05, 3.63) is 43.0 Å². The van der Waals surface area contributed by atoms with Gasteiger partial charge in [0.2, 0.25) is 0 Å². The van der Waals surface area contributed by atoms with E-state index in [0.29, 0.717) is 11.2 Å². The molecule has 3 unspecified atom stereocenters. The number of rotatable bonds is 11. The fourth-order valence-corrected chi connectivity index (χ4v) is 7.05. The van der Waals surface area contributed by atoms with Crippen LogP contribution >= 0.6 is 7.75 Å². The molecule has 5 N–H and O–H groups in total. The van der Waals surface area contributed by atoms with Gasteiger partial charge in [-0.1, -0.05) is 31.5 Å². The summed E-state index contributed by atoms with van der Waals surface area (Å²) in [6, 6.07) is 7.39. The van der Waals surface area contributed by atoms with Crippen LogP contribution in [0.2, 0.25) is 0 Å². The molecule has 1 saturated carbocycles. The van der Waals surface area contributed by atoms with Crippen LogP contribution in [0.5, 0.6) is 5.75 Å². The zero-order valence-corrected chi connectivity index (χ0v) is 24.4. The maximum absolute atomic E-state index is 14.2. The standard InChI is InChI=1S/C27H37N6O8P/c1-3-19(27(36)38-17-10-6-4-7-11-17)32-42(37,41-18-12-8-5-9-13-18)40-16(2)23-21(34)22(35)26(39-23)33-15-31-20-24(28)29-14-30-25(20)33/h5,8-9,12-17,19,21-23,26,34-35H,3-4,6-7,10-11H2,1-2H3,(H,32,37)(H2,28,29,30)/t16?,19?,21-,22+,23+,26+,42?/m0/s1. The van der Waals surface area contributed by atoms with Gasteiger partial charge in [-0.2, -0.15) is 5.09 Å². The Hall–Kier alpha value is -3.13. The number of ether oxygens (including phenoxy) is 2. The van der Waals surface area contributed by atoms with Crippen LogP contribution in [0.3, 0.4) is 0 Å². The monoisotopic (exact) mass is 604 g/mol. The number of anilines is 1. The van der Waals surface area contributed by atoms with Gasteiger partial charge in [0.25, 0.3) is 0 Å². The second-order valence-corrected chi connectivity index (χ2v) is 12.2. The first-order valence-corrected chi connectivity index (χ1v) is 15.7. The SMILES string of the molecule is CCC(NP(=O)(Oc1ccccc1)OC(C)[C@H]1O[C@@H](n2cnc3c(N)ncnc32)[C@H](O)[C@@H]1O)C(=O)OC1CCCCC1. The van der Waals surface area contributed by atoms with Gasteiger partial charge in [0, 0.05) is 0 Å². The highest BCUT2D eigenvalue weighted by Crippen LogP contribution is 2.48. The van der Waals surface area contributed by atoms with Crippen molar-refractivity contribution in [1.29, 1.82) is 0 Å². The lowest BCUT2D eigenvalue weighted by atomic mass is 9.98. The molecule has 3 heterocycles. The van der Waals surface area contributed by atoms with Gasteiger partial charge in [-0.25, -0.2) is 19.5 Å². The molecule has 2 fully saturated rings. The van der Waals surface area contributed by atoms with Gasteiger partial charge < -0.3 is 29.9 Å². The Morgan fingerprint density at radius 2 is 1.90 bits per heavy atom. The number of carbonyl (C=O) groups is 1. The molecule has 228 valence electrons. The number of benzene rings is 1. The molecular weight excluding hydrogens is 567 g/mol. The van der Waals surface area contributed by atoms with Gasteiger partial charge in [0.05, 0.1) is 12.4 Å². The molecule has 0 bridgehead atoms. The smallest absolute Gasteiger partial charge is 0.459 e. The number of esters is 1. The van der Waals surface area contributed by atoms with Gasteiger partial charge in [-0.15, -0.1) is 0 Å². The number of nitrogens with two attached hydrogens (primary N) is 1. The van der Waals surface area contributed by atoms with Crippen molar-refractivity contribution in [2.45, 2.75) is 95.2 Å². The normalized spacial score (nSPS) is 26.0. The third kappa shape index (κ3) is 6.59. The van der Waals surface area contributed by atoms with Crippen LogP contribution < -0.4 is 15.3 Å². The van der Waals surface area contributed by atoms with Crippen molar-refractivity contribution in [3.63, 3.8) is 0 Å². The number of hydrogen-bond acceptors (Lipinski definition) is 12. The van der Waals surface area contributed by atoms with E-state index >= 15 is 0 Å². The zero-order chi connectivity index (χ0) is 29.9. The number of imidazole rings is 1. The van der Waals surface area contributed by atoms with E-state index in [1.807, 2.05) is 0 Å². The third-order valence-electron chi connectivity index (χ3n) is 7.51. The molecule has 0 radical (unpaired) electrons. The third-order valence-corrected chi connectivity index (χ3v) is 9.20. The Bertz CT molecular complexity index is 1400. The Morgan fingerprint density at radius 1 is 1.17 bits per heavy atom. The molecule has 42 heavy (non-hydrogen) atoms. The van der Waals surface area contributed by atoms with Gasteiger partial charge >= 0.3 is 13.7 Å². The number of nitrogens with zero attached hydrogens (tertiary/aromatic N) is 4. The van der Waals surface area contributed by atoms with E-state index in [9.17, 15) is 19.6 Å². The van der Waals surface area contributed by atoms with Crippen LogP contribution in [-0.4, -0.2) is 72.3 Å². The number of nitrogen functional groups attached to an aromatic ring is 1. The van der Waals surface area contributed by atoms with Gasteiger partial charge in [0.15, 0.2) is 17.7 Å². The van der Waals surface area contributed by atoms with E-state index in [4.69, 9.17) is 24.3 Å². The average molecular weight is 605 g/mol. The molecule has 1 aliphatic heterocycles. The molecule has 0 spiro atoms. The minimum atomic E-state index is -4.28. The molecule has 1 aromatic carbocycles. The van der Waals surface area contributed by atoms with Crippen molar-refractivity contribution < 1.29 is 38.1 Å². The first-order valence-electron chi connectivity index (χ1n) is 14.1. The Kier molecular flexibility index (Phi) is 9.41. The summed E-state index contributed by atoms with van der Waals surface area (Å²) < 4.78 is 39.1. The molecule has 7 atom stereocenters. The maximum Gasteiger partial charge on any atom is 0.459 e. The summed E-state index contributed by atoms with van der Waals surface area (Å²) in [6.45, 7) is 3.28. The number of aliphatic hydroxyl groups excluding tert-OH is 2. The number of nitrogens with one attached hydrogen (secondary N) is 1. The van der Waals surface area contributed by atoms with E-state index in [2.05, 4.69) is 20.0 Å². The van der Waals surface area contributed by atoms with Crippen molar-refractivity contribution in [2.24, 2.45) is 0 Å². The lowest BCUT2D eigenvalue weighted by Crippen LogP contribution is -2.42. The Balaban J connectivity index is 1.34. The number of aromatic nitrogens is 4. The van der Waals surface area contributed by atoms with E-state index < -0.39 is 50.4 Å². The van der Waals surface area contributed by atoms with Crippen LogP contribution in [-0.2, 0) is 23.4 Å². The largest absolute Gasteiger partial charge is 0.461 e. The van der Waals surface area contributed by atoms with Gasteiger partial charge in [0.1, 0.15) is 48.1 Å². The van der Waals surface area contributed by atoms with Gasteiger partial charge in [-0.3, -0.25) is 13.9 Å². The summed E-state index contributed by atoms with van der Waals surface area (Å²) >= 11 is 0. The Morgan fingerprint density at radius 3 is 2.62 bits per heavy atom. The summed E-state index contributed by atoms with van der Waals surface area (Å²) in [7, 11) is -4.28. The topological polar surface area (TPSA) is 193 Å². The molecule has 15 heteroatoms. The van der Waals surface area contributed by atoms with E-state index in [-0.39, 0.29) is 24.1 Å². The van der Waals surface area contributed by atoms with Crippen molar-refractivity contribution in [1.82, 2.24) is 24.6 Å². The van der Waals surface area contributed by atoms with Crippen molar-refractivity contribution in [3.8, 4) is 5.75 Å². The predicted molar refractivity (Wildman–Crippen MR) is 151 cm³/mol. The fourth-order valence-electron chi connectivity index (χ4n) is 5.27. The van der Waals surface area contributed by atoms with Crippen molar-refractivity contribution in [2.75, 3.05) is 5.73 Å². The number of aliphatic hydroxyl groups is 2. The molecule has 0 amide bonds. The van der Waals surface area contributed by atoms with Crippen LogP contribution in [0.1, 0.15) is 58.6 Å².